The van der Waals surface area contributed by atoms with E-state index in [2.05, 4.69) is 39.0 Å². The molecule has 0 atom stereocenters. The van der Waals surface area contributed by atoms with Crippen LogP contribution in [0, 0.1) is 5.82 Å². The zero-order valence-corrected chi connectivity index (χ0v) is 15.3. The largest absolute Gasteiger partial charge is 0.384 e. The van der Waals surface area contributed by atoms with Crippen LogP contribution < -0.4 is 16.0 Å². The molecule has 27 heavy (non-hydrogen) atoms. The van der Waals surface area contributed by atoms with Gasteiger partial charge in [0.25, 0.3) is 0 Å². The number of urea groups is 1. The van der Waals surface area contributed by atoms with Gasteiger partial charge in [-0.15, -0.1) is 0 Å². The first-order valence-corrected chi connectivity index (χ1v) is 9.57. The third-order valence-electron chi connectivity index (χ3n) is 5.35. The van der Waals surface area contributed by atoms with Crippen molar-refractivity contribution in [2.75, 3.05) is 30.3 Å². The number of nitrogens with zero attached hydrogens (tertiary/aromatic N) is 1. The van der Waals surface area contributed by atoms with E-state index in [0.717, 1.165) is 45.4 Å². The van der Waals surface area contributed by atoms with Crippen molar-refractivity contribution < 1.29 is 9.18 Å². The number of para-hydroxylation sites is 1. The molecule has 2 heterocycles. The number of carbonyl (C=O) groups excluding carboxylic acids is 1. The SMILES string of the molecule is O=C(Nc1ccc(F)cc1)NC1CCN(Cc2cccc3c2NCC3)CC1. The maximum Gasteiger partial charge on any atom is 0.319 e. The molecule has 3 N–H and O–H groups in total. The number of likely N-dealkylation sites (tertiary alicyclic amines) is 1. The molecular weight excluding hydrogens is 343 g/mol. The van der Waals surface area contributed by atoms with Crippen molar-refractivity contribution in [3.05, 3.63) is 59.4 Å². The molecule has 4 rings (SSSR count). The Morgan fingerprint density at radius 2 is 1.93 bits per heavy atom. The molecule has 6 heteroatoms. The van der Waals surface area contributed by atoms with Crippen molar-refractivity contribution >= 4 is 17.4 Å². The lowest BCUT2D eigenvalue weighted by atomic mass is 10.0. The zero-order chi connectivity index (χ0) is 18.6. The van der Waals surface area contributed by atoms with E-state index in [9.17, 15) is 9.18 Å². The van der Waals surface area contributed by atoms with Crippen LogP contribution in [0.4, 0.5) is 20.6 Å². The van der Waals surface area contributed by atoms with Crippen molar-refractivity contribution in [1.29, 1.82) is 0 Å². The third-order valence-corrected chi connectivity index (χ3v) is 5.35. The highest BCUT2D eigenvalue weighted by Gasteiger charge is 2.22. The number of hydrogen-bond acceptors (Lipinski definition) is 3. The number of anilines is 2. The van der Waals surface area contributed by atoms with Gasteiger partial charge in [-0.1, -0.05) is 18.2 Å². The quantitative estimate of drug-likeness (QED) is 0.773. The number of amides is 2. The van der Waals surface area contributed by atoms with Crippen LogP contribution in [0.5, 0.6) is 0 Å². The van der Waals surface area contributed by atoms with Crippen molar-refractivity contribution in [2.45, 2.75) is 31.8 Å². The van der Waals surface area contributed by atoms with Crippen LogP contribution >= 0.6 is 0 Å². The average Bonchev–Trinajstić information content (AvgIpc) is 3.15. The second kappa shape index (κ2) is 7.96. The first-order valence-electron chi connectivity index (χ1n) is 9.57. The van der Waals surface area contributed by atoms with Gasteiger partial charge in [0.2, 0.25) is 0 Å². The highest BCUT2D eigenvalue weighted by molar-refractivity contribution is 5.89. The maximum absolute atomic E-state index is 12.9. The molecule has 2 aromatic carbocycles. The van der Waals surface area contributed by atoms with Gasteiger partial charge in [0.05, 0.1) is 0 Å². The van der Waals surface area contributed by atoms with Gasteiger partial charge < -0.3 is 16.0 Å². The third kappa shape index (κ3) is 4.39. The fraction of sp³-hybridized carbons (Fsp3) is 0.381. The lowest BCUT2D eigenvalue weighted by Crippen LogP contribution is -2.45. The van der Waals surface area contributed by atoms with Gasteiger partial charge >= 0.3 is 6.03 Å². The van der Waals surface area contributed by atoms with Crippen molar-refractivity contribution in [2.24, 2.45) is 0 Å². The van der Waals surface area contributed by atoms with E-state index < -0.39 is 0 Å². The van der Waals surface area contributed by atoms with E-state index >= 15 is 0 Å². The van der Waals surface area contributed by atoms with Crippen LogP contribution in [-0.4, -0.2) is 36.6 Å². The van der Waals surface area contributed by atoms with Gasteiger partial charge in [-0.25, -0.2) is 9.18 Å². The van der Waals surface area contributed by atoms with Crippen LogP contribution in [0.25, 0.3) is 0 Å². The number of halogens is 1. The van der Waals surface area contributed by atoms with Gasteiger partial charge in [-0.3, -0.25) is 4.90 Å². The van der Waals surface area contributed by atoms with E-state index in [1.54, 1.807) is 12.1 Å². The maximum atomic E-state index is 12.9. The fourth-order valence-corrected chi connectivity index (χ4v) is 3.90. The Hall–Kier alpha value is -2.60. The second-order valence-corrected chi connectivity index (χ2v) is 7.28. The van der Waals surface area contributed by atoms with Gasteiger partial charge in [-0.05, 0) is 54.7 Å². The molecule has 2 aliphatic rings. The molecule has 0 aliphatic carbocycles. The lowest BCUT2D eigenvalue weighted by molar-refractivity contribution is 0.190. The molecule has 2 aromatic rings. The molecule has 1 saturated heterocycles. The van der Waals surface area contributed by atoms with Crippen LogP contribution in [0.2, 0.25) is 0 Å². The number of rotatable bonds is 4. The number of benzene rings is 2. The number of carbonyl (C=O) groups is 1. The predicted octanol–water partition coefficient (Wildman–Crippen LogP) is 3.58. The molecule has 0 saturated carbocycles. The molecule has 1 fully saturated rings. The van der Waals surface area contributed by atoms with Gasteiger partial charge in [0, 0.05) is 43.6 Å². The predicted molar refractivity (Wildman–Crippen MR) is 105 cm³/mol. The number of nitrogens with one attached hydrogen (secondary N) is 3. The van der Waals surface area contributed by atoms with Crippen LogP contribution in [0.15, 0.2) is 42.5 Å². The molecule has 0 aromatic heterocycles. The fourth-order valence-electron chi connectivity index (χ4n) is 3.90. The van der Waals surface area contributed by atoms with Gasteiger partial charge in [0.1, 0.15) is 5.82 Å². The molecule has 0 spiro atoms. The number of hydrogen-bond donors (Lipinski definition) is 3. The monoisotopic (exact) mass is 368 g/mol. The molecule has 2 amide bonds. The Labute approximate surface area is 158 Å². The summed E-state index contributed by atoms with van der Waals surface area (Å²) in [6, 6.07) is 12.3. The molecule has 0 unspecified atom stereocenters. The standard InChI is InChI=1S/C21H25FN4O/c22-17-4-6-18(7-5-17)24-21(27)25-19-9-12-26(13-10-19)14-16-3-1-2-15-8-11-23-20(15)16/h1-7,19,23H,8-14H2,(H2,24,25,27). The van der Waals surface area contributed by atoms with Crippen molar-refractivity contribution in [3.8, 4) is 0 Å². The first kappa shape index (κ1) is 17.8. The van der Waals surface area contributed by atoms with Crippen molar-refractivity contribution in [3.63, 3.8) is 0 Å². The molecule has 5 nitrogen and oxygen atoms in total. The minimum Gasteiger partial charge on any atom is -0.384 e. The Bertz CT molecular complexity index is 800. The average molecular weight is 368 g/mol. The number of piperidine rings is 1. The Morgan fingerprint density at radius 1 is 1.15 bits per heavy atom. The van der Waals surface area contributed by atoms with Crippen LogP contribution in [0.3, 0.4) is 0 Å². The summed E-state index contributed by atoms with van der Waals surface area (Å²) in [6.45, 7) is 3.91. The molecular formula is C21H25FN4O. The van der Waals surface area contributed by atoms with Crippen LogP contribution in [-0.2, 0) is 13.0 Å². The Morgan fingerprint density at radius 3 is 2.70 bits per heavy atom. The summed E-state index contributed by atoms with van der Waals surface area (Å²) in [4.78, 5) is 14.6. The summed E-state index contributed by atoms with van der Waals surface area (Å²) < 4.78 is 12.9. The molecule has 2 aliphatic heterocycles. The van der Waals surface area contributed by atoms with Gasteiger partial charge in [0.15, 0.2) is 0 Å². The summed E-state index contributed by atoms with van der Waals surface area (Å²) in [5.74, 6) is -0.312. The minimum absolute atomic E-state index is 0.168. The topological polar surface area (TPSA) is 56.4 Å². The normalized spacial score (nSPS) is 17.2. The number of fused-ring (bicyclic) bond motifs is 1. The summed E-state index contributed by atoms with van der Waals surface area (Å²) in [7, 11) is 0. The Balaban J connectivity index is 1.25. The van der Waals surface area contributed by atoms with E-state index in [4.69, 9.17) is 0 Å². The highest BCUT2D eigenvalue weighted by Crippen LogP contribution is 2.28. The summed E-state index contributed by atoms with van der Waals surface area (Å²) in [6.07, 6.45) is 2.97. The van der Waals surface area contributed by atoms with E-state index in [-0.39, 0.29) is 17.9 Å². The second-order valence-electron chi connectivity index (χ2n) is 7.28. The Kier molecular flexibility index (Phi) is 5.25. The van der Waals surface area contributed by atoms with Crippen molar-refractivity contribution in [1.82, 2.24) is 10.2 Å². The summed E-state index contributed by atoms with van der Waals surface area (Å²) in [5.41, 5.74) is 4.69. The molecule has 0 radical (unpaired) electrons. The first-order chi connectivity index (χ1) is 13.2. The van der Waals surface area contributed by atoms with Crippen LogP contribution in [0.1, 0.15) is 24.0 Å². The van der Waals surface area contributed by atoms with E-state index in [0.29, 0.717) is 5.69 Å². The summed E-state index contributed by atoms with van der Waals surface area (Å²) in [5, 5.41) is 9.29. The highest BCUT2D eigenvalue weighted by atomic mass is 19.1. The smallest absolute Gasteiger partial charge is 0.319 e. The van der Waals surface area contributed by atoms with Gasteiger partial charge in [-0.2, -0.15) is 0 Å². The minimum atomic E-state index is -0.312. The van der Waals surface area contributed by atoms with E-state index in [1.165, 1.54) is 28.9 Å². The summed E-state index contributed by atoms with van der Waals surface area (Å²) >= 11 is 0. The zero-order valence-electron chi connectivity index (χ0n) is 15.3. The lowest BCUT2D eigenvalue weighted by Gasteiger charge is -2.32. The van der Waals surface area contributed by atoms with E-state index in [1.807, 2.05) is 0 Å². The molecule has 0 bridgehead atoms. The molecule has 142 valence electrons.